The summed E-state index contributed by atoms with van der Waals surface area (Å²) in [6.07, 6.45) is 26.8. The predicted octanol–water partition coefficient (Wildman–Crippen LogP) is 32.2. The first-order chi connectivity index (χ1) is 68.2. The van der Waals surface area contributed by atoms with Crippen molar-refractivity contribution in [3.63, 3.8) is 0 Å². The maximum Gasteiger partial charge on any atom is 0.127 e. The molecule has 4 unspecified atom stereocenters. The Hall–Kier alpha value is -16.2. The van der Waals surface area contributed by atoms with E-state index in [9.17, 15) is 10.2 Å². The second kappa shape index (κ2) is 37.1. The lowest BCUT2D eigenvalue weighted by molar-refractivity contribution is 0.292. The number of benzene rings is 17. The van der Waals surface area contributed by atoms with E-state index < -0.39 is 0 Å². The number of fused-ring (bicyclic) bond motifs is 9. The minimum atomic E-state index is 0.249. The van der Waals surface area contributed by atoms with Crippen LogP contribution >= 0.6 is 0 Å². The Labute approximate surface area is 813 Å². The standard InChI is InChI=1S/C47H32N2O2.C47H38N2O2.C33H42N2O2/c50-42-27-23-32-13-3-7-17-36(32)46(42)44-34-15-5-1-11-30(34)21-25-40(44)48-29-49(39-20-10-9-19-38(39)48)41-26-22-31-12-2-6-16-35(31)45(41)47-37-18-8-4-14-33(37)24-28-43(47)51;1-30-31(2)49(41-26-22-33-14-6-10-18-37(33)45(41)47-39-20-12-8-16-35(39)24-28-43(47)51-4)29-48(30)40-25-21-32-13-5-9-17-36(32)44(40)46-38-19-11-7-15-34(38)23-27-42(46)50-3;1-22-11-7-15-26(30(22)32-24(3)13-9-17-28(32)36-5)34-19-20-35(21-34)27-16-8-12-23(2)31(27)33-25(4)14-10-18-29(33)37-6/h1-28,50-51H,29H2;5-28H,29H2,1-4H3;7-10,15-20,22-25H,11-14,21H2,1-6H3. The Morgan fingerprint density at radius 3 is 0.806 bits per heavy atom. The minimum absolute atomic E-state index is 0.249. The fourth-order valence-corrected chi connectivity index (χ4v) is 22.8. The average Bonchev–Trinajstić information content (AvgIpc) is 1.63. The molecule has 139 heavy (non-hydrogen) atoms. The van der Waals surface area contributed by atoms with Gasteiger partial charge in [-0.2, -0.15) is 0 Å². The topological polar surface area (TPSA) is 96.8 Å². The van der Waals surface area contributed by atoms with Gasteiger partial charge in [-0.05, 0) is 245 Å². The molecular weight excluding hydrogens is 1710 g/mol. The van der Waals surface area contributed by atoms with Crippen LogP contribution in [-0.4, -0.2) is 68.5 Å². The molecule has 4 aliphatic carbocycles. The van der Waals surface area contributed by atoms with Gasteiger partial charge in [0.15, 0.2) is 0 Å². The summed E-state index contributed by atoms with van der Waals surface area (Å²) in [5.74, 6) is 6.03. The largest absolute Gasteiger partial charge is 0.507 e. The van der Waals surface area contributed by atoms with Gasteiger partial charge in [-0.15, -0.1) is 0 Å². The van der Waals surface area contributed by atoms with Crippen molar-refractivity contribution in [2.75, 3.05) is 68.0 Å². The third-order valence-electron chi connectivity index (χ3n) is 29.7. The van der Waals surface area contributed by atoms with Gasteiger partial charge in [0.2, 0.25) is 0 Å². The van der Waals surface area contributed by atoms with Gasteiger partial charge in [0.05, 0.1) is 75.9 Å². The van der Waals surface area contributed by atoms with Gasteiger partial charge in [-0.1, -0.05) is 307 Å². The van der Waals surface area contributed by atoms with Crippen molar-refractivity contribution in [1.29, 1.82) is 0 Å². The van der Waals surface area contributed by atoms with Crippen LogP contribution in [-0.2, 0) is 9.47 Å². The number of hydrogen-bond acceptors (Lipinski definition) is 12. The van der Waals surface area contributed by atoms with Crippen LogP contribution in [0.5, 0.6) is 23.0 Å². The molecule has 4 atom stereocenters. The van der Waals surface area contributed by atoms with Crippen LogP contribution in [0, 0.1) is 23.7 Å². The zero-order valence-corrected chi connectivity index (χ0v) is 80.3. The monoisotopic (exact) mass is 1820 g/mol. The molecule has 7 aliphatic rings. The second-order valence-corrected chi connectivity index (χ2v) is 37.6. The van der Waals surface area contributed by atoms with Crippen molar-refractivity contribution < 1.29 is 29.2 Å². The SMILES string of the molecule is COC1=C(C2=C(N3C=CN(C4=C(C5=C(OC)C=CCC5C)C(C)CC=C4)C3)C=CCC2C)C(C)CC=C1.COc1ccc2ccccc2c1-c1c(N2CN(c3ccc4ccccc4c3-c3c(OC)ccc4ccccc34)C(C)=C2C)ccc2ccccc12.Oc1ccc2ccccc2c1-c1c(N2CN(c3ccc4ccccc4c3-c3c(O)ccc4ccccc34)c3ccccc32)ccc2ccccc12. The van der Waals surface area contributed by atoms with Gasteiger partial charge in [0.25, 0.3) is 0 Å². The Bertz CT molecular complexity index is 7710. The third kappa shape index (κ3) is 15.5. The molecule has 0 spiro atoms. The van der Waals surface area contributed by atoms with Crippen molar-refractivity contribution in [2.24, 2.45) is 23.7 Å². The molecule has 3 heterocycles. The van der Waals surface area contributed by atoms with E-state index >= 15 is 0 Å². The van der Waals surface area contributed by atoms with E-state index in [2.05, 4.69) is 399 Å². The molecule has 0 saturated carbocycles. The van der Waals surface area contributed by atoms with Crippen molar-refractivity contribution in [2.45, 2.75) is 67.2 Å². The zero-order valence-electron chi connectivity index (χ0n) is 80.3. The lowest BCUT2D eigenvalue weighted by Gasteiger charge is -2.35. The lowest BCUT2D eigenvalue weighted by Crippen LogP contribution is -2.30. The number of allylic oxidation sites excluding steroid dienone is 14. The van der Waals surface area contributed by atoms with E-state index in [1.165, 1.54) is 99.3 Å². The molecule has 0 saturated heterocycles. The molecule has 12 heteroatoms. The molecule has 24 rings (SSSR count). The quantitative estimate of drug-likeness (QED) is 0.0964. The molecule has 0 fully saturated rings. The Balaban J connectivity index is 0.000000122. The molecule has 686 valence electrons. The fraction of sp³-hybridized carbons (Fsp3) is 0.165. The number of phenols is 2. The molecule has 17 aromatic rings. The summed E-state index contributed by atoms with van der Waals surface area (Å²) in [4.78, 5) is 14.5. The smallest absolute Gasteiger partial charge is 0.127 e. The van der Waals surface area contributed by atoms with E-state index in [0.29, 0.717) is 37.0 Å². The van der Waals surface area contributed by atoms with Gasteiger partial charge in [-0.25, -0.2) is 0 Å². The number of phenolic OH excluding ortho intramolecular Hbond substituents is 2. The summed E-state index contributed by atoms with van der Waals surface area (Å²) >= 11 is 0. The van der Waals surface area contributed by atoms with Crippen LogP contribution in [0.15, 0.2) is 433 Å². The van der Waals surface area contributed by atoms with Crippen LogP contribution in [0.3, 0.4) is 0 Å². The third-order valence-corrected chi connectivity index (χ3v) is 29.7. The maximum atomic E-state index is 11.6. The average molecular weight is 1820 g/mol. The minimum Gasteiger partial charge on any atom is -0.507 e. The number of ether oxygens (including phenoxy) is 4. The Morgan fingerprint density at radius 2 is 0.489 bits per heavy atom. The Kier molecular flexibility index (Phi) is 23.5. The summed E-state index contributed by atoms with van der Waals surface area (Å²) in [7, 11) is 7.14. The number of methoxy groups -OCH3 is 4. The summed E-state index contributed by atoms with van der Waals surface area (Å²) in [6.45, 7) is 15.8. The molecule has 17 aromatic carbocycles. The van der Waals surface area contributed by atoms with Crippen LogP contribution < -0.4 is 29.1 Å². The number of nitrogens with zero attached hydrogens (tertiary/aromatic N) is 6. The summed E-state index contributed by atoms with van der Waals surface area (Å²) in [5, 5.41) is 41.3. The van der Waals surface area contributed by atoms with E-state index in [0.717, 1.165) is 166 Å². The fourth-order valence-electron chi connectivity index (χ4n) is 22.8. The number of rotatable bonds is 16. The lowest BCUT2D eigenvalue weighted by atomic mass is 9.77. The van der Waals surface area contributed by atoms with Gasteiger partial charge in [0, 0.05) is 90.8 Å². The number of hydrogen-bond donors (Lipinski definition) is 2. The van der Waals surface area contributed by atoms with E-state index in [1.807, 2.05) is 48.5 Å². The van der Waals surface area contributed by atoms with Crippen molar-refractivity contribution >= 4 is 120 Å². The molecular formula is C127H112N6O6. The van der Waals surface area contributed by atoms with Crippen molar-refractivity contribution in [3.05, 3.63) is 433 Å². The second-order valence-electron chi connectivity index (χ2n) is 37.6. The highest BCUT2D eigenvalue weighted by atomic mass is 16.5. The van der Waals surface area contributed by atoms with Gasteiger partial charge in [0.1, 0.15) is 41.2 Å². The van der Waals surface area contributed by atoms with E-state index in [1.54, 1.807) is 28.4 Å². The highest BCUT2D eigenvalue weighted by Crippen LogP contribution is 2.58. The molecule has 0 amide bonds. The zero-order chi connectivity index (χ0) is 94.8. The summed E-state index contributed by atoms with van der Waals surface area (Å²) in [6, 6.07) is 110. The van der Waals surface area contributed by atoms with E-state index in [-0.39, 0.29) is 11.5 Å². The van der Waals surface area contributed by atoms with Crippen molar-refractivity contribution in [3.8, 4) is 67.5 Å². The molecule has 0 aromatic heterocycles. The highest BCUT2D eigenvalue weighted by molar-refractivity contribution is 6.18. The Morgan fingerprint density at radius 1 is 0.237 bits per heavy atom. The molecule has 2 N–H and O–H groups in total. The first-order valence-electron chi connectivity index (χ1n) is 48.6. The van der Waals surface area contributed by atoms with Crippen LogP contribution in [0.25, 0.3) is 131 Å². The molecule has 12 nitrogen and oxygen atoms in total. The first-order valence-corrected chi connectivity index (χ1v) is 48.6. The molecule has 0 radical (unpaired) electrons. The summed E-state index contributed by atoms with van der Waals surface area (Å²) < 4.78 is 24.0. The maximum absolute atomic E-state index is 11.6. The van der Waals surface area contributed by atoms with Crippen LogP contribution in [0.1, 0.15) is 67.2 Å². The normalized spacial score (nSPS) is 17.5. The number of para-hydroxylation sites is 2. The predicted molar refractivity (Wildman–Crippen MR) is 579 cm³/mol. The highest BCUT2D eigenvalue weighted by Gasteiger charge is 2.39. The number of anilines is 6. The molecule has 3 aliphatic heterocycles. The van der Waals surface area contributed by atoms with Gasteiger partial charge in [-0.3, -0.25) is 0 Å². The first kappa shape index (κ1) is 88.1. The van der Waals surface area contributed by atoms with Crippen LogP contribution in [0.2, 0.25) is 0 Å². The van der Waals surface area contributed by atoms with E-state index in [4.69, 9.17) is 18.9 Å². The van der Waals surface area contributed by atoms with Gasteiger partial charge >= 0.3 is 0 Å². The van der Waals surface area contributed by atoms with Crippen molar-refractivity contribution in [1.82, 2.24) is 9.80 Å². The van der Waals surface area contributed by atoms with Gasteiger partial charge < -0.3 is 58.6 Å². The van der Waals surface area contributed by atoms with Crippen LogP contribution in [0.4, 0.5) is 34.1 Å². The molecule has 0 bridgehead atoms. The number of aromatic hydroxyl groups is 2. The summed E-state index contributed by atoms with van der Waals surface area (Å²) in [5.41, 5.74) is 25.2.